The molecule has 0 atom stereocenters. The predicted octanol–water partition coefficient (Wildman–Crippen LogP) is 20.2. The molecule has 0 spiro atoms. The van der Waals surface area contributed by atoms with Crippen molar-refractivity contribution in [2.24, 2.45) is 35.5 Å². The van der Waals surface area contributed by atoms with E-state index in [1.165, 1.54) is 0 Å². The van der Waals surface area contributed by atoms with Gasteiger partial charge in [-0.25, -0.2) is 0 Å². The molecule has 0 saturated heterocycles. The molecule has 0 aromatic heterocycles. The van der Waals surface area contributed by atoms with E-state index >= 15 is 0 Å². The maximum Gasteiger partial charge on any atom is 0 e. The fourth-order valence-corrected chi connectivity index (χ4v) is 0. The Morgan fingerprint density at radius 2 is 0.217 bits per heavy atom. The van der Waals surface area contributed by atoms with Crippen molar-refractivity contribution in [2.75, 3.05) is 0 Å². The molecule has 0 amide bonds. The van der Waals surface area contributed by atoms with E-state index in [2.05, 4.69) is 125 Å². The van der Waals surface area contributed by atoms with E-state index in [1.807, 2.05) is 111 Å². The maximum atomic E-state index is 2.17. The SMILES string of the molecule is C.C.C.CC.CC.CC.CC.CC.CC.CC.CC.CC(C)C.CC(C)C.CC(C)C.CC(C)C.CC(C)C.CC(C)C.F.[2HH].[2HH].[B].[B].[HH]. The molecule has 0 nitrogen and oxygen atoms in total. The third-order valence-electron chi connectivity index (χ3n) is 0. The van der Waals surface area contributed by atoms with Gasteiger partial charge in [-0.05, 0) is 35.5 Å². The minimum absolute atomic E-state index is 0. The van der Waals surface area contributed by atoms with Gasteiger partial charge in [0, 0.05) is 21.1 Å². The monoisotopic (exact) mass is 687 g/mol. The Kier molecular flexibility index (Phi) is 803. The highest BCUT2D eigenvalue weighted by Crippen LogP contribution is 1.83. The van der Waals surface area contributed by atoms with Crippen LogP contribution < -0.4 is 0 Å². The Balaban J connectivity index is -0.00000000706. The number of rotatable bonds is 0. The Labute approximate surface area is 318 Å². The van der Waals surface area contributed by atoms with Gasteiger partial charge in [-0.3, -0.25) is 4.70 Å². The summed E-state index contributed by atoms with van der Waals surface area (Å²) in [5.74, 6) is 5.00. The number of hydrogen-bond donors (Lipinski definition) is 0. The Morgan fingerprint density at radius 1 is 0.217 bits per heavy atom. The van der Waals surface area contributed by atoms with E-state index in [0.717, 1.165) is 35.5 Å². The van der Waals surface area contributed by atoms with Gasteiger partial charge in [0.1, 0.15) is 0 Å². The summed E-state index contributed by atoms with van der Waals surface area (Å²) in [6, 6.07) is 0. The lowest BCUT2D eigenvalue weighted by Gasteiger charge is -1.79. The van der Waals surface area contributed by atoms with Crippen molar-refractivity contribution in [2.45, 2.75) is 258 Å². The van der Waals surface area contributed by atoms with Crippen LogP contribution >= 0.6 is 0 Å². The third-order valence-corrected chi connectivity index (χ3v) is 0. The third kappa shape index (κ3) is 22800000. The second-order valence-corrected chi connectivity index (χ2v) is 10.4. The van der Waals surface area contributed by atoms with Crippen molar-refractivity contribution in [3.63, 3.8) is 0 Å². The first kappa shape index (κ1) is 138. The Morgan fingerprint density at radius 3 is 0.217 bits per heavy atom. The molecule has 0 rings (SSSR count). The second kappa shape index (κ2) is 268. The van der Waals surface area contributed by atoms with Crippen LogP contribution in [0, 0.1) is 35.5 Å². The molecule has 0 aromatic rings. The van der Waals surface area contributed by atoms with Gasteiger partial charge in [-0.1, -0.05) is 258 Å². The van der Waals surface area contributed by atoms with Crippen LogP contribution in [0.2, 0.25) is 0 Å². The molecule has 0 aliphatic carbocycles. The summed E-state index contributed by atoms with van der Waals surface area (Å²) in [5.41, 5.74) is 0. The fraction of sp³-hybridized carbons (Fsp3) is 1.00. The Hall–Kier alpha value is 0.0599. The molecule has 0 heterocycles. The molecule has 46 heavy (non-hydrogen) atoms. The topological polar surface area (TPSA) is 0 Å². The highest BCUT2D eigenvalue weighted by molar-refractivity contribution is 5.76. The van der Waals surface area contributed by atoms with E-state index in [1.54, 1.807) is 0 Å². The van der Waals surface area contributed by atoms with Crippen molar-refractivity contribution >= 4 is 16.8 Å². The first-order valence-corrected chi connectivity index (χ1v) is 18.4. The lowest BCUT2D eigenvalue weighted by atomic mass is 10.3. The molecule has 6 radical (unpaired) electrons. The quantitative estimate of drug-likeness (QED) is 0.223. The summed E-state index contributed by atoms with van der Waals surface area (Å²) in [4.78, 5) is 0. The van der Waals surface area contributed by atoms with E-state index < -0.39 is 0 Å². The lowest BCUT2D eigenvalue weighted by molar-refractivity contribution is 0.736. The molecule has 0 aliphatic heterocycles. The molecule has 3 heteroatoms. The zero-order valence-electron chi connectivity index (χ0n) is 39.0. The normalized spacial score (nSPS) is 5.74. The van der Waals surface area contributed by atoms with Crippen molar-refractivity contribution in [1.82, 2.24) is 0 Å². The molecule has 312 valence electrons. The zero-order valence-corrected chi connectivity index (χ0v) is 39.0. The summed E-state index contributed by atoms with van der Waals surface area (Å²) in [7, 11) is 0. The van der Waals surface area contributed by atoms with Gasteiger partial charge in [0.25, 0.3) is 0 Å². The molecule has 0 fully saturated rings. The van der Waals surface area contributed by atoms with Crippen LogP contribution in [-0.2, 0) is 0 Å². The summed E-state index contributed by atoms with van der Waals surface area (Å²) in [6.07, 6.45) is 0. The molecule has 0 aromatic carbocycles. The predicted molar refractivity (Wildman–Crippen MR) is 254 cm³/mol. The van der Waals surface area contributed by atoms with E-state index in [9.17, 15) is 0 Å². The van der Waals surface area contributed by atoms with Gasteiger partial charge in [0.15, 0.2) is 0 Å². The molecule has 0 N–H and O–H groups in total. The molecule has 0 bridgehead atoms. The van der Waals surface area contributed by atoms with Crippen molar-refractivity contribution in [1.29, 1.82) is 0 Å². The van der Waals surface area contributed by atoms with Crippen LogP contribution in [0.1, 0.15) is 262 Å². The molecule has 0 aliphatic rings. The highest BCUT2D eigenvalue weighted by atomic mass is 19.0. The van der Waals surface area contributed by atoms with Crippen LogP contribution in [0.5, 0.6) is 0 Å². The smallest absolute Gasteiger partial charge is 0 e. The first-order valence-electron chi connectivity index (χ1n) is 18.4. The minimum atomic E-state index is 0. The van der Waals surface area contributed by atoms with Crippen LogP contribution in [0.3, 0.4) is 0 Å². The average molecular weight is 687 g/mol. The van der Waals surface area contributed by atoms with E-state index in [4.69, 9.17) is 0 Å². The lowest BCUT2D eigenvalue weighted by Crippen LogP contribution is -1.66. The van der Waals surface area contributed by atoms with Gasteiger partial charge in [-0.15, -0.1) is 0 Å². The largest absolute Gasteiger partial charge is 0.269 e. The first-order chi connectivity index (χ1) is 18.4. The van der Waals surface area contributed by atoms with Gasteiger partial charge >= 0.3 is 0 Å². The van der Waals surface area contributed by atoms with Gasteiger partial charge in [0.05, 0.1) is 0 Å². The molecular formula is C43H127B2F. The zero-order chi connectivity index (χ0) is 37.5. The summed E-state index contributed by atoms with van der Waals surface area (Å²) in [5, 5.41) is 0. The Bertz CT molecular complexity index is 110. The van der Waals surface area contributed by atoms with Crippen molar-refractivity contribution < 1.29 is 8.98 Å². The van der Waals surface area contributed by atoms with E-state index in [-0.39, 0.29) is 48.1 Å². The molecule has 0 unspecified atom stereocenters. The van der Waals surface area contributed by atoms with Gasteiger partial charge < -0.3 is 0 Å². The van der Waals surface area contributed by atoms with Crippen LogP contribution in [0.15, 0.2) is 0 Å². The summed E-state index contributed by atoms with van der Waals surface area (Å²) in [6.45, 7) is 71.0. The average Bonchev–Trinajstić information content (AvgIpc) is 2.87. The van der Waals surface area contributed by atoms with Crippen LogP contribution in [0.4, 0.5) is 4.70 Å². The summed E-state index contributed by atoms with van der Waals surface area (Å²) < 4.78 is 0. The van der Waals surface area contributed by atoms with Gasteiger partial charge in [0.2, 0.25) is 0 Å². The highest BCUT2D eigenvalue weighted by Gasteiger charge is 1.70. The number of hydrogen-bond acceptors (Lipinski definition) is 0. The fourth-order valence-electron chi connectivity index (χ4n) is 0. The molecular weight excluding hydrogens is 557 g/mol. The molecule has 0 saturated carbocycles. The van der Waals surface area contributed by atoms with Crippen LogP contribution in [-0.4, -0.2) is 16.8 Å². The summed E-state index contributed by atoms with van der Waals surface area (Å²) >= 11 is 0. The maximum absolute atomic E-state index is 2.17. The van der Waals surface area contributed by atoms with Crippen LogP contribution in [0.25, 0.3) is 0 Å². The van der Waals surface area contributed by atoms with E-state index in [0.29, 0.717) is 0 Å². The second-order valence-electron chi connectivity index (χ2n) is 10.4. The standard InChI is InChI=1S/6C4H10.8C2H6.3CH4.2B.FH.3H2/c6*1-4(2)3;8*1-2;;;;;;;;;/h6*4H,1-3H3;8*1-2H3;3*1H4;;;4*1H/i;;;;;;;;;;;;;;;;;;;;2*1+1;. The number of halogens is 1. The van der Waals surface area contributed by atoms with Crippen molar-refractivity contribution in [3.8, 4) is 0 Å². The van der Waals surface area contributed by atoms with Crippen molar-refractivity contribution in [3.05, 3.63) is 0 Å². The minimum Gasteiger partial charge on any atom is -0.269 e. The van der Waals surface area contributed by atoms with Gasteiger partial charge in [-0.2, -0.15) is 0 Å².